The summed E-state index contributed by atoms with van der Waals surface area (Å²) in [4.78, 5) is 41.7. The minimum atomic E-state index is -1.19. The Morgan fingerprint density at radius 1 is 1.03 bits per heavy atom. The van der Waals surface area contributed by atoms with Crippen molar-refractivity contribution in [1.29, 1.82) is 0 Å². The van der Waals surface area contributed by atoms with Crippen molar-refractivity contribution in [3.8, 4) is 0 Å². The van der Waals surface area contributed by atoms with Gasteiger partial charge in [-0.2, -0.15) is 0 Å². The molecule has 2 aliphatic rings. The normalized spacial score (nSPS) is 27.5. The van der Waals surface area contributed by atoms with Gasteiger partial charge < -0.3 is 10.1 Å². The Kier molecular flexibility index (Phi) is 5.67. The molecule has 4 atom stereocenters. The molecule has 2 heterocycles. The summed E-state index contributed by atoms with van der Waals surface area (Å²) in [6, 6.07) is 17.2. The molecule has 2 fully saturated rings. The fraction of sp³-hybridized carbons (Fsp3) is 0.400. The second-order valence-corrected chi connectivity index (χ2v) is 8.40. The number of rotatable bonds is 6. The number of hydrogen-bond donors (Lipinski definition) is 1. The van der Waals surface area contributed by atoms with Crippen molar-refractivity contribution in [3.05, 3.63) is 71.3 Å². The smallest absolute Gasteiger partial charge is 0.369 e. The number of likely N-dealkylation sites (tertiary alicyclic amines) is 1. The van der Waals surface area contributed by atoms with Crippen molar-refractivity contribution >= 4 is 17.8 Å². The first kappa shape index (κ1) is 21.2. The molecule has 0 unspecified atom stereocenters. The van der Waals surface area contributed by atoms with E-state index in [2.05, 4.69) is 0 Å². The van der Waals surface area contributed by atoms with E-state index in [0.29, 0.717) is 13.0 Å². The van der Waals surface area contributed by atoms with E-state index in [0.717, 1.165) is 16.7 Å². The summed E-state index contributed by atoms with van der Waals surface area (Å²) >= 11 is 0. The first-order valence-corrected chi connectivity index (χ1v) is 10.9. The number of esters is 1. The molecular weight excluding hydrogens is 392 g/mol. The van der Waals surface area contributed by atoms with Gasteiger partial charge in [0.15, 0.2) is 0 Å². The maximum Gasteiger partial charge on any atom is 0.369 e. The van der Waals surface area contributed by atoms with Gasteiger partial charge in [-0.1, -0.05) is 54.6 Å². The average molecular weight is 422 g/mol. The third kappa shape index (κ3) is 3.35. The number of amides is 2. The van der Waals surface area contributed by atoms with Crippen molar-refractivity contribution in [2.75, 3.05) is 13.2 Å². The molecule has 0 bridgehead atoms. The van der Waals surface area contributed by atoms with Crippen LogP contribution in [0.2, 0.25) is 0 Å². The SMILES string of the molecule is CCOC(=O)[C@]1(Cc2ccccc2)[NH2+][C@H](c2ccccc2C)[C@H]2C(=O)N(CC)C(=O)[C@H]21. The molecule has 2 aromatic rings. The summed E-state index contributed by atoms with van der Waals surface area (Å²) in [5.74, 6) is -2.25. The molecule has 4 rings (SSSR count). The highest BCUT2D eigenvalue weighted by atomic mass is 16.5. The number of benzene rings is 2. The number of carbonyl (C=O) groups is 3. The number of nitrogens with zero attached hydrogens (tertiary/aromatic N) is 1. The van der Waals surface area contributed by atoms with Crippen LogP contribution in [0.25, 0.3) is 0 Å². The first-order chi connectivity index (χ1) is 14.9. The molecule has 2 amide bonds. The van der Waals surface area contributed by atoms with Crippen LogP contribution in [0.15, 0.2) is 54.6 Å². The molecule has 0 spiro atoms. The summed E-state index contributed by atoms with van der Waals surface area (Å²) in [5, 5.41) is 1.94. The average Bonchev–Trinajstić information content (AvgIpc) is 3.23. The number of carbonyl (C=O) groups excluding carboxylic acids is 3. The van der Waals surface area contributed by atoms with Gasteiger partial charge >= 0.3 is 5.97 Å². The Hall–Kier alpha value is -2.99. The number of ether oxygens (including phenoxy) is 1. The lowest BCUT2D eigenvalue weighted by Gasteiger charge is -2.30. The Balaban J connectivity index is 1.89. The van der Waals surface area contributed by atoms with Crippen LogP contribution in [-0.2, 0) is 25.5 Å². The Labute approximate surface area is 182 Å². The fourth-order valence-corrected chi connectivity index (χ4v) is 5.37. The van der Waals surface area contributed by atoms with Crippen molar-refractivity contribution in [1.82, 2.24) is 4.90 Å². The van der Waals surface area contributed by atoms with Gasteiger partial charge in [-0.15, -0.1) is 0 Å². The highest BCUT2D eigenvalue weighted by Crippen LogP contribution is 2.46. The van der Waals surface area contributed by atoms with Gasteiger partial charge in [0.2, 0.25) is 17.4 Å². The van der Waals surface area contributed by atoms with Crippen LogP contribution in [0.4, 0.5) is 0 Å². The molecule has 6 heteroatoms. The Bertz CT molecular complexity index is 1010. The van der Waals surface area contributed by atoms with Crippen molar-refractivity contribution in [3.63, 3.8) is 0 Å². The molecule has 2 saturated heterocycles. The summed E-state index contributed by atoms with van der Waals surface area (Å²) < 4.78 is 5.52. The molecule has 0 radical (unpaired) electrons. The first-order valence-electron chi connectivity index (χ1n) is 10.9. The molecule has 0 aliphatic carbocycles. The third-order valence-electron chi connectivity index (χ3n) is 6.72. The predicted molar refractivity (Wildman–Crippen MR) is 115 cm³/mol. The minimum Gasteiger partial charge on any atom is -0.461 e. The summed E-state index contributed by atoms with van der Waals surface area (Å²) in [5.41, 5.74) is 1.77. The number of aryl methyl sites for hydroxylation is 1. The van der Waals surface area contributed by atoms with E-state index >= 15 is 0 Å². The van der Waals surface area contributed by atoms with E-state index in [9.17, 15) is 14.4 Å². The molecule has 2 aromatic carbocycles. The van der Waals surface area contributed by atoms with Gasteiger partial charge in [-0.3, -0.25) is 14.5 Å². The van der Waals surface area contributed by atoms with Crippen molar-refractivity contribution in [2.24, 2.45) is 11.8 Å². The Morgan fingerprint density at radius 2 is 1.71 bits per heavy atom. The molecule has 6 nitrogen and oxygen atoms in total. The second-order valence-electron chi connectivity index (χ2n) is 8.40. The van der Waals surface area contributed by atoms with E-state index in [1.807, 2.05) is 66.8 Å². The maximum atomic E-state index is 13.5. The van der Waals surface area contributed by atoms with Crippen LogP contribution in [0, 0.1) is 18.8 Å². The highest BCUT2D eigenvalue weighted by Gasteiger charge is 2.72. The van der Waals surface area contributed by atoms with E-state index < -0.39 is 23.3 Å². The van der Waals surface area contributed by atoms with Crippen molar-refractivity contribution in [2.45, 2.75) is 38.8 Å². The van der Waals surface area contributed by atoms with Gasteiger partial charge in [-0.05, 0) is 31.9 Å². The van der Waals surface area contributed by atoms with Gasteiger partial charge in [0.1, 0.15) is 17.9 Å². The summed E-state index contributed by atoms with van der Waals surface area (Å²) in [6.07, 6.45) is 0.326. The topological polar surface area (TPSA) is 80.3 Å². The quantitative estimate of drug-likeness (QED) is 0.570. The number of hydrogen-bond acceptors (Lipinski definition) is 4. The molecule has 162 valence electrons. The predicted octanol–water partition coefficient (Wildman–Crippen LogP) is 1.78. The van der Waals surface area contributed by atoms with E-state index in [4.69, 9.17) is 4.74 Å². The van der Waals surface area contributed by atoms with Crippen LogP contribution in [0.1, 0.15) is 36.6 Å². The highest BCUT2D eigenvalue weighted by molar-refractivity contribution is 6.08. The Morgan fingerprint density at radius 3 is 2.35 bits per heavy atom. The van der Waals surface area contributed by atoms with Gasteiger partial charge in [0, 0.05) is 18.5 Å². The lowest BCUT2D eigenvalue weighted by atomic mass is 9.76. The lowest BCUT2D eigenvalue weighted by Crippen LogP contribution is -2.98. The van der Waals surface area contributed by atoms with Gasteiger partial charge in [-0.25, -0.2) is 4.79 Å². The molecule has 31 heavy (non-hydrogen) atoms. The van der Waals surface area contributed by atoms with Crippen LogP contribution < -0.4 is 5.32 Å². The van der Waals surface area contributed by atoms with Crippen LogP contribution in [0.5, 0.6) is 0 Å². The van der Waals surface area contributed by atoms with Gasteiger partial charge in [0.25, 0.3) is 0 Å². The summed E-state index contributed by atoms with van der Waals surface area (Å²) in [7, 11) is 0. The van der Waals surface area contributed by atoms with Crippen molar-refractivity contribution < 1.29 is 24.4 Å². The largest absolute Gasteiger partial charge is 0.461 e. The zero-order valence-electron chi connectivity index (χ0n) is 18.2. The summed E-state index contributed by atoms with van der Waals surface area (Å²) in [6.45, 7) is 6.08. The number of nitrogens with two attached hydrogens (primary N) is 1. The number of fused-ring (bicyclic) bond motifs is 1. The number of imide groups is 1. The fourth-order valence-electron chi connectivity index (χ4n) is 5.37. The van der Waals surface area contributed by atoms with E-state index in [1.165, 1.54) is 4.90 Å². The van der Waals surface area contributed by atoms with E-state index in [-0.39, 0.29) is 24.5 Å². The molecular formula is C25H29N2O4+. The molecule has 2 aliphatic heterocycles. The zero-order chi connectivity index (χ0) is 22.2. The van der Waals surface area contributed by atoms with Crippen LogP contribution in [-0.4, -0.2) is 41.4 Å². The van der Waals surface area contributed by atoms with Crippen LogP contribution in [0.3, 0.4) is 0 Å². The standard InChI is InChI=1S/C25H28N2O4/c1-4-27-22(28)19-20(23(27)29)25(24(30)31-5-2,15-17-12-7-6-8-13-17)26-21(19)18-14-10-9-11-16(18)3/h6-14,19-21,26H,4-5,15H2,1-3H3/p+1/t19-,20-,21+,25+/m0/s1. The second kappa shape index (κ2) is 8.27. The maximum absolute atomic E-state index is 13.5. The lowest BCUT2D eigenvalue weighted by molar-refractivity contribution is -0.734. The van der Waals surface area contributed by atoms with Gasteiger partial charge in [0.05, 0.1) is 6.61 Å². The number of quaternary nitrogens is 1. The molecule has 0 aromatic heterocycles. The molecule has 2 N–H and O–H groups in total. The monoisotopic (exact) mass is 421 g/mol. The molecule has 0 saturated carbocycles. The zero-order valence-corrected chi connectivity index (χ0v) is 18.2. The van der Waals surface area contributed by atoms with E-state index in [1.54, 1.807) is 13.8 Å². The minimum absolute atomic E-state index is 0.193. The van der Waals surface area contributed by atoms with Crippen LogP contribution >= 0.6 is 0 Å². The third-order valence-corrected chi connectivity index (χ3v) is 6.72.